The van der Waals surface area contributed by atoms with Crippen LogP contribution in [0.2, 0.25) is 0 Å². The molecular weight excluding hydrogens is 474 g/mol. The molecule has 1 atom stereocenters. The Labute approximate surface area is 187 Å². The van der Waals surface area contributed by atoms with Gasteiger partial charge >= 0.3 is 5.97 Å². The molecule has 0 aromatic heterocycles. The molecule has 3 rings (SSSR count). The fourth-order valence-corrected chi connectivity index (χ4v) is 6.30. The first-order valence-electron chi connectivity index (χ1n) is 10.1. The van der Waals surface area contributed by atoms with Crippen LogP contribution in [0, 0.1) is 5.41 Å². The van der Waals surface area contributed by atoms with Gasteiger partial charge < -0.3 is 19.7 Å². The smallest absolute Gasteiger partial charge is 0.312 e. The highest BCUT2D eigenvalue weighted by molar-refractivity contribution is 9.10. The van der Waals surface area contributed by atoms with Gasteiger partial charge in [0.25, 0.3) is 0 Å². The van der Waals surface area contributed by atoms with Gasteiger partial charge in [0.05, 0.1) is 12.5 Å². The predicted molar refractivity (Wildman–Crippen MR) is 119 cm³/mol. The van der Waals surface area contributed by atoms with Gasteiger partial charge in [0.15, 0.2) is 5.44 Å². The van der Waals surface area contributed by atoms with Crippen LogP contribution in [0.5, 0.6) is 0 Å². The van der Waals surface area contributed by atoms with Gasteiger partial charge in [0.1, 0.15) is 0 Å². The number of methoxy groups -OCH3 is 2. The first-order valence-corrected chi connectivity index (χ1v) is 12.4. The lowest BCUT2D eigenvalue weighted by Gasteiger charge is -2.40. The average Bonchev–Trinajstić information content (AvgIpc) is 2.78. The normalized spacial score (nSPS) is 21.2. The van der Waals surface area contributed by atoms with Crippen molar-refractivity contribution in [2.45, 2.75) is 24.7 Å². The van der Waals surface area contributed by atoms with Crippen molar-refractivity contribution < 1.29 is 22.7 Å². The number of halogens is 1. The highest BCUT2D eigenvalue weighted by Crippen LogP contribution is 2.38. The third-order valence-electron chi connectivity index (χ3n) is 6.12. The van der Waals surface area contributed by atoms with E-state index in [9.17, 15) is 13.2 Å². The number of hydrogen-bond acceptors (Lipinski definition) is 7. The fraction of sp³-hybridized carbons (Fsp3) is 0.650. The maximum absolute atomic E-state index is 13.3. The number of sulfonamides is 1. The van der Waals surface area contributed by atoms with Crippen LogP contribution in [-0.4, -0.2) is 77.6 Å². The second-order valence-electron chi connectivity index (χ2n) is 7.80. The maximum Gasteiger partial charge on any atom is 0.312 e. The number of benzene rings is 1. The quantitative estimate of drug-likeness (QED) is 0.567. The molecule has 2 fully saturated rings. The number of rotatable bonds is 7. The number of hydrogen-bond donors (Lipinski definition) is 1. The third-order valence-corrected chi connectivity index (χ3v) is 8.76. The molecule has 1 N–H and O–H groups in total. The van der Waals surface area contributed by atoms with E-state index >= 15 is 0 Å². The summed E-state index contributed by atoms with van der Waals surface area (Å²) in [6.45, 7) is 3.26. The second-order valence-corrected chi connectivity index (χ2v) is 10.8. The van der Waals surface area contributed by atoms with E-state index in [0.717, 1.165) is 10.2 Å². The minimum Gasteiger partial charge on any atom is -0.469 e. The molecular formula is C20H30BrN3O5S. The van der Waals surface area contributed by atoms with Gasteiger partial charge in [-0.1, -0.05) is 15.9 Å². The second kappa shape index (κ2) is 9.95. The molecule has 2 saturated heterocycles. The Hall–Kier alpha value is -1.20. The van der Waals surface area contributed by atoms with Crippen molar-refractivity contribution in [3.63, 3.8) is 0 Å². The molecule has 168 valence electrons. The van der Waals surface area contributed by atoms with Crippen molar-refractivity contribution in [1.82, 2.24) is 9.62 Å². The number of piperazine rings is 1. The van der Waals surface area contributed by atoms with Crippen LogP contribution in [0.15, 0.2) is 28.7 Å². The number of esters is 1. The summed E-state index contributed by atoms with van der Waals surface area (Å²) < 4.78 is 39.6. The molecule has 0 amide bonds. The van der Waals surface area contributed by atoms with Crippen molar-refractivity contribution in [1.29, 1.82) is 0 Å². The van der Waals surface area contributed by atoms with E-state index in [-0.39, 0.29) is 12.4 Å². The van der Waals surface area contributed by atoms with Crippen molar-refractivity contribution in [2.24, 2.45) is 5.41 Å². The van der Waals surface area contributed by atoms with Crippen LogP contribution in [0.4, 0.5) is 5.69 Å². The number of carbonyl (C=O) groups is 1. The van der Waals surface area contributed by atoms with Crippen LogP contribution in [0.25, 0.3) is 0 Å². The standard InChI is InChI=1S/C20H30BrN3O5S/c1-28-18(15-20(19(25)29-2)7-9-22-10-8-20)30(26,27)24-13-11-23(12-14-24)17-5-3-16(21)4-6-17/h3-6,18,22H,7-15H2,1-2H3. The largest absolute Gasteiger partial charge is 0.469 e. The number of nitrogens with one attached hydrogen (secondary N) is 1. The van der Waals surface area contributed by atoms with Gasteiger partial charge in [0, 0.05) is 49.9 Å². The van der Waals surface area contributed by atoms with Crippen LogP contribution in [-0.2, 0) is 24.3 Å². The summed E-state index contributed by atoms with van der Waals surface area (Å²) in [6, 6.07) is 7.99. The number of piperidine rings is 1. The molecule has 8 nitrogen and oxygen atoms in total. The molecule has 0 bridgehead atoms. The molecule has 0 aliphatic carbocycles. The fourth-order valence-electron chi connectivity index (χ4n) is 4.26. The van der Waals surface area contributed by atoms with E-state index in [1.54, 1.807) is 0 Å². The molecule has 30 heavy (non-hydrogen) atoms. The van der Waals surface area contributed by atoms with Crippen LogP contribution in [0.3, 0.4) is 0 Å². The number of nitrogens with zero attached hydrogens (tertiary/aromatic N) is 2. The van der Waals surface area contributed by atoms with E-state index in [4.69, 9.17) is 9.47 Å². The van der Waals surface area contributed by atoms with E-state index < -0.39 is 20.9 Å². The van der Waals surface area contributed by atoms with Crippen LogP contribution >= 0.6 is 15.9 Å². The lowest BCUT2D eigenvalue weighted by molar-refractivity contribution is -0.156. The van der Waals surface area contributed by atoms with Gasteiger partial charge in [-0.25, -0.2) is 8.42 Å². The highest BCUT2D eigenvalue weighted by atomic mass is 79.9. The summed E-state index contributed by atoms with van der Waals surface area (Å²) in [5.41, 5.74) is -0.848. The Balaban J connectivity index is 1.70. The Kier molecular flexibility index (Phi) is 7.78. The van der Waals surface area contributed by atoms with Gasteiger partial charge in [-0.05, 0) is 50.2 Å². The summed E-state index contributed by atoms with van der Waals surface area (Å²) in [7, 11) is -0.971. The van der Waals surface area contributed by atoms with E-state index in [1.807, 2.05) is 24.3 Å². The third kappa shape index (κ3) is 4.99. The zero-order valence-corrected chi connectivity index (χ0v) is 19.9. The molecule has 1 aromatic carbocycles. The summed E-state index contributed by atoms with van der Waals surface area (Å²) in [5.74, 6) is -0.360. The van der Waals surface area contributed by atoms with E-state index in [0.29, 0.717) is 52.1 Å². The minimum absolute atomic E-state index is 0.104. The maximum atomic E-state index is 13.3. The molecule has 2 aliphatic rings. The first kappa shape index (κ1) is 23.5. The predicted octanol–water partition coefficient (Wildman–Crippen LogP) is 1.81. The summed E-state index contributed by atoms with van der Waals surface area (Å²) >= 11 is 3.43. The van der Waals surface area contributed by atoms with Gasteiger partial charge in [0.2, 0.25) is 10.0 Å². The molecule has 0 saturated carbocycles. The monoisotopic (exact) mass is 503 g/mol. The van der Waals surface area contributed by atoms with Crippen molar-refractivity contribution in [3.05, 3.63) is 28.7 Å². The van der Waals surface area contributed by atoms with Gasteiger partial charge in [-0.2, -0.15) is 4.31 Å². The Morgan fingerprint density at radius 1 is 1.13 bits per heavy atom. The zero-order chi connectivity index (χ0) is 21.8. The van der Waals surface area contributed by atoms with Crippen LogP contribution < -0.4 is 10.2 Å². The lowest BCUT2D eigenvalue weighted by Crippen LogP contribution is -2.53. The van der Waals surface area contributed by atoms with Crippen molar-refractivity contribution in [3.8, 4) is 0 Å². The average molecular weight is 504 g/mol. The van der Waals surface area contributed by atoms with Crippen molar-refractivity contribution in [2.75, 3.05) is 58.4 Å². The van der Waals surface area contributed by atoms with Crippen molar-refractivity contribution >= 4 is 37.6 Å². The van der Waals surface area contributed by atoms with Gasteiger partial charge in [-0.3, -0.25) is 4.79 Å². The zero-order valence-electron chi connectivity index (χ0n) is 17.5. The minimum atomic E-state index is -3.72. The molecule has 0 spiro atoms. The Morgan fingerprint density at radius 3 is 2.27 bits per heavy atom. The summed E-state index contributed by atoms with van der Waals surface area (Å²) in [4.78, 5) is 14.7. The summed E-state index contributed by atoms with van der Waals surface area (Å²) in [6.07, 6.45) is 1.17. The lowest BCUT2D eigenvalue weighted by atomic mass is 9.76. The highest BCUT2D eigenvalue weighted by Gasteiger charge is 2.47. The number of anilines is 1. The Morgan fingerprint density at radius 2 is 1.73 bits per heavy atom. The van der Waals surface area contributed by atoms with Crippen LogP contribution in [0.1, 0.15) is 19.3 Å². The van der Waals surface area contributed by atoms with E-state index in [1.165, 1.54) is 18.5 Å². The molecule has 10 heteroatoms. The van der Waals surface area contributed by atoms with E-state index in [2.05, 4.69) is 26.1 Å². The topological polar surface area (TPSA) is 88.2 Å². The SMILES string of the molecule is COC(=O)C1(CC(OC)S(=O)(=O)N2CCN(c3ccc(Br)cc3)CC2)CCNCC1. The number of ether oxygens (including phenoxy) is 2. The molecule has 1 aromatic rings. The molecule has 2 aliphatic heterocycles. The molecule has 0 radical (unpaired) electrons. The Bertz CT molecular complexity index is 819. The summed E-state index contributed by atoms with van der Waals surface area (Å²) in [5, 5.41) is 3.22. The van der Waals surface area contributed by atoms with Gasteiger partial charge in [-0.15, -0.1) is 0 Å². The molecule has 1 unspecified atom stereocenters. The number of carbonyl (C=O) groups excluding carboxylic acids is 1. The first-order chi connectivity index (χ1) is 14.3. The molecule has 2 heterocycles.